The van der Waals surface area contributed by atoms with E-state index in [2.05, 4.69) is 29.1 Å². The first kappa shape index (κ1) is 21.4. The van der Waals surface area contributed by atoms with Crippen LogP contribution >= 0.6 is 11.3 Å². The Morgan fingerprint density at radius 2 is 2.31 bits per heavy atom. The summed E-state index contributed by atoms with van der Waals surface area (Å²) in [6, 6.07) is 0. The van der Waals surface area contributed by atoms with Crippen LogP contribution in [0.5, 0.6) is 0 Å². The molecule has 1 aliphatic rings. The molecule has 1 N–H and O–H groups in total. The lowest BCUT2D eigenvalue weighted by Crippen LogP contribution is -2.37. The van der Waals surface area contributed by atoms with E-state index in [4.69, 9.17) is 4.74 Å². The molecule has 0 aromatic carbocycles. The van der Waals surface area contributed by atoms with Crippen molar-refractivity contribution in [1.29, 1.82) is 0 Å². The minimum atomic E-state index is -0.153. The van der Waals surface area contributed by atoms with Crippen LogP contribution in [0.1, 0.15) is 42.8 Å². The number of hydrogen-bond donors (Lipinski definition) is 1. The summed E-state index contributed by atoms with van der Waals surface area (Å²) in [5.74, 6) is 0.250. The van der Waals surface area contributed by atoms with Crippen LogP contribution in [0, 0.1) is 11.8 Å². The molecule has 0 bridgehead atoms. The molecule has 158 valence electrons. The first-order chi connectivity index (χ1) is 14.0. The van der Waals surface area contributed by atoms with Crippen LogP contribution in [0.25, 0.3) is 0 Å². The van der Waals surface area contributed by atoms with Crippen LogP contribution in [0.4, 0.5) is 5.13 Å². The molecule has 2 aromatic heterocycles. The van der Waals surface area contributed by atoms with Gasteiger partial charge in [0.1, 0.15) is 4.88 Å². The number of anilines is 1. The highest BCUT2D eigenvalue weighted by atomic mass is 32.1. The fraction of sp³-hybridized carbons (Fsp3) is 0.600. The van der Waals surface area contributed by atoms with Gasteiger partial charge in [-0.05, 0) is 25.2 Å². The van der Waals surface area contributed by atoms with Gasteiger partial charge in [-0.25, -0.2) is 9.97 Å². The van der Waals surface area contributed by atoms with E-state index in [0.29, 0.717) is 42.2 Å². The number of amides is 2. The summed E-state index contributed by atoms with van der Waals surface area (Å²) in [6.07, 6.45) is 9.40. The molecule has 2 amide bonds. The minimum Gasteiger partial charge on any atom is -0.381 e. The molecule has 0 saturated carbocycles. The maximum Gasteiger partial charge on any atom is 0.263 e. The van der Waals surface area contributed by atoms with E-state index in [9.17, 15) is 9.59 Å². The Bertz CT molecular complexity index is 784. The number of thiazole rings is 1. The van der Waals surface area contributed by atoms with Crippen molar-refractivity contribution in [2.24, 2.45) is 11.8 Å². The van der Waals surface area contributed by atoms with E-state index in [0.717, 1.165) is 25.8 Å². The third-order valence-corrected chi connectivity index (χ3v) is 5.88. The summed E-state index contributed by atoms with van der Waals surface area (Å²) in [7, 11) is 0. The summed E-state index contributed by atoms with van der Waals surface area (Å²) in [5.41, 5.74) is 0. The molecule has 0 radical (unpaired) electrons. The van der Waals surface area contributed by atoms with Gasteiger partial charge in [-0.3, -0.25) is 14.5 Å². The van der Waals surface area contributed by atoms with Crippen LogP contribution in [0.15, 0.2) is 24.9 Å². The van der Waals surface area contributed by atoms with Crippen molar-refractivity contribution >= 4 is 28.3 Å². The number of ether oxygens (including phenoxy) is 1. The predicted octanol–water partition coefficient (Wildman–Crippen LogP) is 2.58. The number of aryl methyl sites for hydroxylation is 1. The number of aromatic nitrogens is 3. The summed E-state index contributed by atoms with van der Waals surface area (Å²) >= 11 is 1.27. The van der Waals surface area contributed by atoms with Crippen LogP contribution in [-0.2, 0) is 16.1 Å². The second kappa shape index (κ2) is 10.5. The average Bonchev–Trinajstić information content (AvgIpc) is 3.47. The molecule has 29 heavy (non-hydrogen) atoms. The minimum absolute atomic E-state index is 0.0461. The maximum absolute atomic E-state index is 13.0. The highest BCUT2D eigenvalue weighted by molar-refractivity contribution is 7.17. The Labute approximate surface area is 175 Å². The summed E-state index contributed by atoms with van der Waals surface area (Å²) in [4.78, 5) is 36.1. The third-order valence-electron chi connectivity index (χ3n) is 4.86. The SMILES string of the molecule is CC(C)CCN(C(=O)C1CCOC1)c1ncc(C(=O)NCCCn2ccnc2)s1. The number of rotatable bonds is 10. The highest BCUT2D eigenvalue weighted by Crippen LogP contribution is 2.27. The van der Waals surface area contributed by atoms with Gasteiger partial charge in [-0.2, -0.15) is 0 Å². The zero-order valence-electron chi connectivity index (χ0n) is 17.0. The van der Waals surface area contributed by atoms with Crippen molar-refractivity contribution in [3.63, 3.8) is 0 Å². The molecule has 9 heteroatoms. The molecule has 1 saturated heterocycles. The second-order valence-electron chi connectivity index (χ2n) is 7.65. The smallest absolute Gasteiger partial charge is 0.263 e. The lowest BCUT2D eigenvalue weighted by atomic mass is 10.1. The van der Waals surface area contributed by atoms with Gasteiger partial charge in [-0.1, -0.05) is 25.2 Å². The quantitative estimate of drug-likeness (QED) is 0.598. The number of imidazole rings is 1. The molecule has 8 nitrogen and oxygen atoms in total. The maximum atomic E-state index is 13.0. The molecule has 0 aliphatic carbocycles. The molecule has 1 atom stereocenters. The third kappa shape index (κ3) is 6.11. The molecule has 1 fully saturated rings. The molecular formula is C20H29N5O3S. The Balaban J connectivity index is 1.57. The fourth-order valence-electron chi connectivity index (χ4n) is 3.10. The van der Waals surface area contributed by atoms with Gasteiger partial charge in [0.05, 0.1) is 25.0 Å². The Morgan fingerprint density at radius 3 is 3.00 bits per heavy atom. The van der Waals surface area contributed by atoms with Gasteiger partial charge in [0, 0.05) is 38.6 Å². The normalized spacial score (nSPS) is 16.3. The largest absolute Gasteiger partial charge is 0.381 e. The standard InChI is InChI=1S/C20H29N5O3S/c1-15(2)4-9-25(19(27)16-5-11-28-13-16)20-23-12-17(29-20)18(26)22-6-3-8-24-10-7-21-14-24/h7,10,12,14-16H,3-6,8-9,11,13H2,1-2H3,(H,22,26). The van der Waals surface area contributed by atoms with E-state index in [1.165, 1.54) is 11.3 Å². The fourth-order valence-corrected chi connectivity index (χ4v) is 3.97. The van der Waals surface area contributed by atoms with E-state index in [1.807, 2.05) is 10.8 Å². The van der Waals surface area contributed by atoms with Crippen LogP contribution in [0.2, 0.25) is 0 Å². The zero-order chi connectivity index (χ0) is 20.6. The Kier molecular flexibility index (Phi) is 7.76. The van der Waals surface area contributed by atoms with E-state index >= 15 is 0 Å². The number of hydrogen-bond acceptors (Lipinski definition) is 6. The van der Waals surface area contributed by atoms with Gasteiger partial charge in [0.15, 0.2) is 5.13 Å². The lowest BCUT2D eigenvalue weighted by molar-refractivity contribution is -0.122. The molecular weight excluding hydrogens is 390 g/mol. The first-order valence-electron chi connectivity index (χ1n) is 10.1. The Hall–Kier alpha value is -2.26. The second-order valence-corrected chi connectivity index (χ2v) is 8.66. The van der Waals surface area contributed by atoms with Crippen LogP contribution in [-0.4, -0.2) is 52.7 Å². The van der Waals surface area contributed by atoms with E-state index in [-0.39, 0.29) is 17.7 Å². The topological polar surface area (TPSA) is 89.4 Å². The monoisotopic (exact) mass is 419 g/mol. The summed E-state index contributed by atoms with van der Waals surface area (Å²) in [6.45, 7) is 7.32. The zero-order valence-corrected chi connectivity index (χ0v) is 17.9. The van der Waals surface area contributed by atoms with Gasteiger partial charge >= 0.3 is 0 Å². The number of nitrogens with one attached hydrogen (secondary N) is 1. The molecule has 2 aromatic rings. The average molecular weight is 420 g/mol. The molecule has 1 aliphatic heterocycles. The summed E-state index contributed by atoms with van der Waals surface area (Å²) < 4.78 is 7.35. The van der Waals surface area contributed by atoms with Crippen LogP contribution < -0.4 is 10.2 Å². The van der Waals surface area contributed by atoms with Crippen molar-refractivity contribution in [3.8, 4) is 0 Å². The Morgan fingerprint density at radius 1 is 1.45 bits per heavy atom. The van der Waals surface area contributed by atoms with Gasteiger partial charge in [-0.15, -0.1) is 0 Å². The molecule has 0 spiro atoms. The number of carbonyl (C=O) groups is 2. The summed E-state index contributed by atoms with van der Waals surface area (Å²) in [5, 5.41) is 3.51. The first-order valence-corrected chi connectivity index (χ1v) is 10.9. The van der Waals surface area contributed by atoms with Crippen LogP contribution in [0.3, 0.4) is 0 Å². The van der Waals surface area contributed by atoms with E-state index in [1.54, 1.807) is 23.6 Å². The van der Waals surface area contributed by atoms with Crippen molar-refractivity contribution in [2.75, 3.05) is 31.2 Å². The van der Waals surface area contributed by atoms with Gasteiger partial charge < -0.3 is 14.6 Å². The predicted molar refractivity (Wildman–Crippen MR) is 112 cm³/mol. The van der Waals surface area contributed by atoms with E-state index < -0.39 is 0 Å². The molecule has 3 heterocycles. The van der Waals surface area contributed by atoms with Crippen molar-refractivity contribution in [1.82, 2.24) is 19.9 Å². The van der Waals surface area contributed by atoms with Gasteiger partial charge in [0.25, 0.3) is 5.91 Å². The van der Waals surface area contributed by atoms with Crippen molar-refractivity contribution in [2.45, 2.75) is 39.7 Å². The number of nitrogens with zero attached hydrogens (tertiary/aromatic N) is 4. The lowest BCUT2D eigenvalue weighted by Gasteiger charge is -2.23. The van der Waals surface area contributed by atoms with Gasteiger partial charge in [0.2, 0.25) is 5.91 Å². The number of carbonyl (C=O) groups excluding carboxylic acids is 2. The molecule has 1 unspecified atom stereocenters. The molecule has 3 rings (SSSR count). The van der Waals surface area contributed by atoms with Crippen molar-refractivity contribution < 1.29 is 14.3 Å². The highest BCUT2D eigenvalue weighted by Gasteiger charge is 2.30. The van der Waals surface area contributed by atoms with Crippen molar-refractivity contribution in [3.05, 3.63) is 29.8 Å².